The third-order valence-electron chi connectivity index (χ3n) is 5.90. The van der Waals surface area contributed by atoms with Gasteiger partial charge >= 0.3 is 0 Å². The third kappa shape index (κ3) is 3.37. The van der Waals surface area contributed by atoms with E-state index in [-0.39, 0.29) is 18.0 Å². The van der Waals surface area contributed by atoms with Gasteiger partial charge in [0.25, 0.3) is 5.91 Å². The molecule has 10 heteroatoms. The molecule has 0 saturated carbocycles. The second-order valence-corrected chi connectivity index (χ2v) is 8.88. The van der Waals surface area contributed by atoms with Crippen LogP contribution in [-0.2, 0) is 5.54 Å². The Morgan fingerprint density at radius 1 is 1.37 bits per heavy atom. The number of aromatic nitrogens is 1. The fourth-order valence-electron chi connectivity index (χ4n) is 4.61. The van der Waals surface area contributed by atoms with Crippen LogP contribution >= 0.6 is 22.9 Å². The van der Waals surface area contributed by atoms with E-state index in [1.54, 1.807) is 29.8 Å². The van der Waals surface area contributed by atoms with E-state index in [1.807, 2.05) is 4.90 Å². The molecule has 2 aromatic heterocycles. The molecule has 2 aliphatic rings. The molecule has 4 heterocycles. The van der Waals surface area contributed by atoms with Gasteiger partial charge in [0.15, 0.2) is 0 Å². The van der Waals surface area contributed by atoms with Crippen molar-refractivity contribution < 1.29 is 4.79 Å². The molecule has 0 aromatic carbocycles. The molecule has 2 aromatic rings. The predicted molar refractivity (Wildman–Crippen MR) is 118 cm³/mol. The van der Waals surface area contributed by atoms with Crippen molar-refractivity contribution in [3.63, 3.8) is 0 Å². The summed E-state index contributed by atoms with van der Waals surface area (Å²) in [5.41, 5.74) is 6.36. The number of fused-ring (bicyclic) bond motifs is 2. The Morgan fingerprint density at radius 2 is 2.10 bits per heavy atom. The predicted octanol–water partition coefficient (Wildman–Crippen LogP) is 3.47. The number of thiophene rings is 1. The number of amides is 1. The molecule has 0 radical (unpaired) electrons. The first kappa shape index (κ1) is 20.5. The first-order chi connectivity index (χ1) is 14.5. The van der Waals surface area contributed by atoms with E-state index in [1.165, 1.54) is 23.8 Å². The number of nitroso groups, excluding NO2 is 1. The lowest BCUT2D eigenvalue weighted by Gasteiger charge is -2.42. The highest BCUT2D eigenvalue weighted by molar-refractivity contribution is 7.11. The topological polar surface area (TPSA) is 127 Å². The van der Waals surface area contributed by atoms with E-state index in [4.69, 9.17) is 23.2 Å². The minimum absolute atomic E-state index is 0.0577. The van der Waals surface area contributed by atoms with Crippen LogP contribution in [0.5, 0.6) is 0 Å². The minimum atomic E-state index is -1.01. The van der Waals surface area contributed by atoms with Crippen molar-refractivity contribution in [1.82, 2.24) is 9.88 Å². The maximum atomic E-state index is 13.3. The maximum absolute atomic E-state index is 13.3. The van der Waals surface area contributed by atoms with Crippen molar-refractivity contribution in [3.8, 4) is 0 Å². The molecular weight excluding hydrogens is 424 g/mol. The smallest absolute Gasteiger partial charge is 0.255 e. The van der Waals surface area contributed by atoms with Crippen molar-refractivity contribution in [3.05, 3.63) is 62.0 Å². The van der Waals surface area contributed by atoms with Crippen LogP contribution in [0.3, 0.4) is 0 Å². The lowest BCUT2D eigenvalue weighted by Crippen LogP contribution is -2.51. The summed E-state index contributed by atoms with van der Waals surface area (Å²) < 4.78 is 0. The molecule has 0 aliphatic carbocycles. The van der Waals surface area contributed by atoms with Crippen molar-refractivity contribution in [2.45, 2.75) is 43.3 Å². The van der Waals surface area contributed by atoms with Crippen LogP contribution in [0.1, 0.15) is 46.6 Å². The number of hydrazone groups is 1. The number of carbonyl (C=O) groups excluding carboxylic acids is 1. The van der Waals surface area contributed by atoms with Crippen molar-refractivity contribution in [2.75, 3.05) is 0 Å². The summed E-state index contributed by atoms with van der Waals surface area (Å²) in [5, 5.41) is 9.24. The quantitative estimate of drug-likeness (QED) is 0.316. The number of pyridine rings is 1. The fourth-order valence-corrected chi connectivity index (χ4v) is 5.79. The molecule has 156 valence electrons. The summed E-state index contributed by atoms with van der Waals surface area (Å²) in [6.07, 6.45) is 6.95. The summed E-state index contributed by atoms with van der Waals surface area (Å²) in [4.78, 5) is 32.4. The average molecular weight is 445 g/mol. The molecule has 4 N–H and O–H groups in total. The Bertz CT molecular complexity index is 1020. The number of allylic oxidation sites excluding steroid dienone is 1. The van der Waals surface area contributed by atoms with E-state index < -0.39 is 5.54 Å². The number of nitrogens with zero attached hydrogens (tertiary/aromatic N) is 4. The molecule has 2 atom stereocenters. The molecule has 0 spiro atoms. The van der Waals surface area contributed by atoms with Gasteiger partial charge in [0.1, 0.15) is 5.54 Å². The lowest BCUT2D eigenvalue weighted by atomic mass is 9.80. The molecule has 2 fully saturated rings. The van der Waals surface area contributed by atoms with Crippen LogP contribution in [0.25, 0.3) is 5.57 Å². The number of rotatable bonds is 5. The summed E-state index contributed by atoms with van der Waals surface area (Å²) in [6, 6.07) is 5.06. The zero-order chi connectivity index (χ0) is 21.3. The zero-order valence-corrected chi connectivity index (χ0v) is 17.6. The SMILES string of the molecule is NC=C(C=NN)c1cc(C(=O)N2C3CCC2CC(N=O)(c2ncccc2Cl)C3)cs1. The monoisotopic (exact) mass is 444 g/mol. The molecular formula is C20H21ClN6O2S. The van der Waals surface area contributed by atoms with E-state index in [0.29, 0.717) is 34.7 Å². The number of piperidine rings is 1. The molecule has 30 heavy (non-hydrogen) atoms. The molecule has 2 unspecified atom stereocenters. The van der Waals surface area contributed by atoms with Gasteiger partial charge in [0.2, 0.25) is 0 Å². The number of carbonyl (C=O) groups is 1. The van der Waals surface area contributed by atoms with E-state index in [9.17, 15) is 9.70 Å². The minimum Gasteiger partial charge on any atom is -0.404 e. The maximum Gasteiger partial charge on any atom is 0.255 e. The first-order valence-corrected chi connectivity index (χ1v) is 10.8. The molecule has 8 nitrogen and oxygen atoms in total. The average Bonchev–Trinajstić information content (AvgIpc) is 3.35. The molecule has 4 rings (SSSR count). The number of hydrogen-bond donors (Lipinski definition) is 2. The Balaban J connectivity index is 1.60. The van der Waals surface area contributed by atoms with Gasteiger partial charge in [-0.1, -0.05) is 16.8 Å². The van der Waals surface area contributed by atoms with Gasteiger partial charge in [-0.2, -0.15) is 5.10 Å². The number of halogens is 1. The summed E-state index contributed by atoms with van der Waals surface area (Å²) in [7, 11) is 0. The molecule has 2 aliphatic heterocycles. The lowest BCUT2D eigenvalue weighted by molar-refractivity contribution is 0.0476. The van der Waals surface area contributed by atoms with Crippen LogP contribution in [0.15, 0.2) is 46.3 Å². The summed E-state index contributed by atoms with van der Waals surface area (Å²) in [6.45, 7) is 0. The van der Waals surface area contributed by atoms with Crippen LogP contribution in [-0.4, -0.2) is 34.1 Å². The fraction of sp³-hybridized carbons (Fsp3) is 0.350. The van der Waals surface area contributed by atoms with E-state index in [2.05, 4.69) is 15.3 Å². The Labute approximate surface area is 182 Å². The van der Waals surface area contributed by atoms with Gasteiger partial charge in [-0.15, -0.1) is 16.2 Å². The van der Waals surface area contributed by atoms with Gasteiger partial charge in [0, 0.05) is 53.2 Å². The zero-order valence-electron chi connectivity index (χ0n) is 16.1. The van der Waals surface area contributed by atoms with E-state index in [0.717, 1.165) is 17.7 Å². The Kier molecular flexibility index (Phi) is 5.57. The van der Waals surface area contributed by atoms with Crippen LogP contribution in [0, 0.1) is 4.91 Å². The number of hydrogen-bond acceptors (Lipinski definition) is 8. The first-order valence-electron chi connectivity index (χ1n) is 9.55. The largest absolute Gasteiger partial charge is 0.404 e. The van der Waals surface area contributed by atoms with Crippen LogP contribution in [0.2, 0.25) is 5.02 Å². The highest BCUT2D eigenvalue weighted by Gasteiger charge is 2.53. The number of nitrogens with two attached hydrogens (primary N) is 2. The van der Waals surface area contributed by atoms with Gasteiger partial charge in [-0.3, -0.25) is 9.78 Å². The van der Waals surface area contributed by atoms with Gasteiger partial charge in [0.05, 0.1) is 22.5 Å². The summed E-state index contributed by atoms with van der Waals surface area (Å²) >= 11 is 7.73. The van der Waals surface area contributed by atoms with Crippen molar-refractivity contribution in [1.29, 1.82) is 0 Å². The highest BCUT2D eigenvalue weighted by Crippen LogP contribution is 2.49. The second-order valence-electron chi connectivity index (χ2n) is 7.56. The molecule has 2 saturated heterocycles. The molecule has 2 bridgehead atoms. The summed E-state index contributed by atoms with van der Waals surface area (Å²) in [5.74, 6) is 5.16. The highest BCUT2D eigenvalue weighted by atomic mass is 35.5. The second kappa shape index (κ2) is 8.16. The van der Waals surface area contributed by atoms with Crippen molar-refractivity contribution in [2.24, 2.45) is 21.9 Å². The standard InChI is InChI=1S/C20H21ClN6O2S/c21-16-2-1-5-24-18(16)20(26-29)7-14-3-4-15(8-20)27(14)19(28)12-6-17(30-11-12)13(9-22)10-25-23/h1-2,5-6,9-11,14-15H,3-4,7-8,22-23H2. The van der Waals surface area contributed by atoms with Crippen molar-refractivity contribution >= 4 is 40.6 Å². The van der Waals surface area contributed by atoms with Crippen LogP contribution in [0.4, 0.5) is 0 Å². The normalized spacial score (nSPS) is 26.3. The van der Waals surface area contributed by atoms with Crippen LogP contribution < -0.4 is 11.6 Å². The molecule has 1 amide bonds. The Morgan fingerprint density at radius 3 is 2.70 bits per heavy atom. The van der Waals surface area contributed by atoms with E-state index >= 15 is 0 Å². The van der Waals surface area contributed by atoms with Gasteiger partial charge in [-0.25, -0.2) is 0 Å². The third-order valence-corrected chi connectivity index (χ3v) is 7.18. The van der Waals surface area contributed by atoms with Gasteiger partial charge in [-0.05, 0) is 31.0 Å². The Hall–Kier alpha value is -2.78. The van der Waals surface area contributed by atoms with Gasteiger partial charge < -0.3 is 16.5 Å².